The molecule has 14 heavy (non-hydrogen) atoms. The van der Waals surface area contributed by atoms with Gasteiger partial charge in [0.05, 0.1) is 10.7 Å². The number of alkyl halides is 3. The highest BCUT2D eigenvalue weighted by Crippen LogP contribution is 2.32. The molecule has 0 aliphatic heterocycles. The van der Waals surface area contributed by atoms with E-state index in [1.807, 2.05) is 0 Å². The summed E-state index contributed by atoms with van der Waals surface area (Å²) in [5.41, 5.74) is 10.3. The largest absolute Gasteiger partial charge is 0.407 e. The van der Waals surface area contributed by atoms with Gasteiger partial charge in [0.25, 0.3) is 0 Å². The number of nitrogens with two attached hydrogens (primary N) is 2. The van der Waals surface area contributed by atoms with Crippen molar-refractivity contribution in [2.45, 2.75) is 12.2 Å². The van der Waals surface area contributed by atoms with E-state index in [1.165, 1.54) is 12.1 Å². The minimum Gasteiger partial charge on any atom is -0.398 e. The number of rotatable bonds is 1. The summed E-state index contributed by atoms with van der Waals surface area (Å²) in [7, 11) is 0. The Kier molecular flexibility index (Phi) is 2.92. The first kappa shape index (κ1) is 11.1. The third kappa shape index (κ3) is 2.30. The fourth-order valence-corrected chi connectivity index (χ4v) is 1.06. The van der Waals surface area contributed by atoms with Crippen molar-refractivity contribution < 1.29 is 13.2 Å². The topological polar surface area (TPSA) is 52.0 Å². The molecule has 2 nitrogen and oxygen atoms in total. The zero-order valence-corrected chi connectivity index (χ0v) is 7.73. The number of halogens is 4. The van der Waals surface area contributed by atoms with Crippen molar-refractivity contribution in [2.75, 3.05) is 5.73 Å². The van der Waals surface area contributed by atoms with Gasteiger partial charge in [-0.15, -0.1) is 0 Å². The summed E-state index contributed by atoms with van der Waals surface area (Å²) in [4.78, 5) is 0. The average molecular weight is 225 g/mol. The van der Waals surface area contributed by atoms with Gasteiger partial charge in [0, 0.05) is 0 Å². The van der Waals surface area contributed by atoms with Crippen LogP contribution in [0.2, 0.25) is 5.02 Å². The third-order valence-corrected chi connectivity index (χ3v) is 2.08. The van der Waals surface area contributed by atoms with Crippen LogP contribution in [0.25, 0.3) is 0 Å². The van der Waals surface area contributed by atoms with Crippen molar-refractivity contribution in [3.63, 3.8) is 0 Å². The van der Waals surface area contributed by atoms with Gasteiger partial charge >= 0.3 is 6.18 Å². The fraction of sp³-hybridized carbons (Fsp3) is 0.250. The van der Waals surface area contributed by atoms with E-state index in [-0.39, 0.29) is 16.3 Å². The number of hydrogen-bond acceptors (Lipinski definition) is 2. The minimum absolute atomic E-state index is 0.0869. The number of anilines is 1. The zero-order chi connectivity index (χ0) is 10.9. The fourth-order valence-electron chi connectivity index (χ4n) is 0.945. The first-order valence-electron chi connectivity index (χ1n) is 3.69. The highest BCUT2D eigenvalue weighted by atomic mass is 35.5. The molecule has 0 fully saturated rings. The first-order valence-corrected chi connectivity index (χ1v) is 4.07. The highest BCUT2D eigenvalue weighted by Gasteiger charge is 2.37. The lowest BCUT2D eigenvalue weighted by Gasteiger charge is -2.16. The average Bonchev–Trinajstić information content (AvgIpc) is 2.07. The van der Waals surface area contributed by atoms with Crippen molar-refractivity contribution in [3.05, 3.63) is 28.8 Å². The summed E-state index contributed by atoms with van der Waals surface area (Å²) in [6.45, 7) is 0. The van der Waals surface area contributed by atoms with Gasteiger partial charge in [-0.25, -0.2) is 0 Å². The van der Waals surface area contributed by atoms with E-state index < -0.39 is 12.2 Å². The monoisotopic (exact) mass is 224 g/mol. The maximum Gasteiger partial charge on any atom is 0.407 e. The Morgan fingerprint density at radius 2 is 1.86 bits per heavy atom. The molecule has 0 saturated carbocycles. The van der Waals surface area contributed by atoms with Crippen LogP contribution in [0.15, 0.2) is 18.2 Å². The predicted octanol–water partition coefficient (Wildman–Crippen LogP) is 2.48. The summed E-state index contributed by atoms with van der Waals surface area (Å²) in [6, 6.07) is 1.59. The predicted molar refractivity (Wildman–Crippen MR) is 48.8 cm³/mol. The summed E-state index contributed by atoms with van der Waals surface area (Å²) in [5.74, 6) is 0. The van der Waals surface area contributed by atoms with E-state index in [0.29, 0.717) is 0 Å². The Labute approximate surface area is 83.6 Å². The van der Waals surface area contributed by atoms with Crippen molar-refractivity contribution >= 4 is 17.3 Å². The summed E-state index contributed by atoms with van der Waals surface area (Å²) in [6.07, 6.45) is -4.47. The second kappa shape index (κ2) is 3.67. The second-order valence-corrected chi connectivity index (χ2v) is 3.21. The Morgan fingerprint density at radius 1 is 1.29 bits per heavy atom. The Hall–Kier alpha value is -0.940. The summed E-state index contributed by atoms with van der Waals surface area (Å²) in [5, 5.41) is 0.211. The van der Waals surface area contributed by atoms with E-state index >= 15 is 0 Å². The maximum absolute atomic E-state index is 12.2. The zero-order valence-electron chi connectivity index (χ0n) is 6.98. The van der Waals surface area contributed by atoms with Gasteiger partial charge in [-0.3, -0.25) is 0 Å². The number of benzene rings is 1. The van der Waals surface area contributed by atoms with Gasteiger partial charge in [-0.2, -0.15) is 13.2 Å². The van der Waals surface area contributed by atoms with E-state index in [0.717, 1.165) is 6.07 Å². The maximum atomic E-state index is 12.2. The molecule has 0 amide bonds. The summed E-state index contributed by atoms with van der Waals surface area (Å²) < 4.78 is 36.5. The highest BCUT2D eigenvalue weighted by molar-refractivity contribution is 6.33. The molecule has 0 spiro atoms. The third-order valence-electron chi connectivity index (χ3n) is 1.73. The van der Waals surface area contributed by atoms with E-state index in [2.05, 4.69) is 0 Å². The molecule has 1 rings (SSSR count). The van der Waals surface area contributed by atoms with E-state index in [9.17, 15) is 13.2 Å². The quantitative estimate of drug-likeness (QED) is 0.720. The van der Waals surface area contributed by atoms with Crippen LogP contribution < -0.4 is 11.5 Å². The molecule has 0 bridgehead atoms. The van der Waals surface area contributed by atoms with Crippen molar-refractivity contribution in [1.29, 1.82) is 0 Å². The molecule has 0 aromatic heterocycles. The van der Waals surface area contributed by atoms with Crippen LogP contribution in [0.3, 0.4) is 0 Å². The Morgan fingerprint density at radius 3 is 2.29 bits per heavy atom. The second-order valence-electron chi connectivity index (χ2n) is 2.80. The van der Waals surface area contributed by atoms with Crippen LogP contribution >= 0.6 is 11.6 Å². The van der Waals surface area contributed by atoms with Gasteiger partial charge in [0.1, 0.15) is 6.04 Å². The molecule has 1 aromatic rings. The van der Waals surface area contributed by atoms with Gasteiger partial charge in [-0.1, -0.05) is 17.7 Å². The standard InChI is InChI=1S/C8H8ClF3N2/c9-5-2-1-4(3-6(5)13)7(14)8(10,11)12/h1-3,7H,13-14H2/t7-/m1/s1. The SMILES string of the molecule is Nc1cc([C@@H](N)C(F)(F)F)ccc1Cl. The molecule has 0 saturated heterocycles. The van der Waals surface area contributed by atoms with Gasteiger partial charge in [0.15, 0.2) is 0 Å². The van der Waals surface area contributed by atoms with Crippen LogP contribution in [0.1, 0.15) is 11.6 Å². The lowest BCUT2D eigenvalue weighted by atomic mass is 10.1. The van der Waals surface area contributed by atoms with E-state index in [1.54, 1.807) is 0 Å². The van der Waals surface area contributed by atoms with Crippen LogP contribution in [0.4, 0.5) is 18.9 Å². The molecule has 1 aromatic carbocycles. The summed E-state index contributed by atoms with van der Waals surface area (Å²) >= 11 is 5.55. The van der Waals surface area contributed by atoms with Gasteiger partial charge in [0.2, 0.25) is 0 Å². The first-order chi connectivity index (χ1) is 6.32. The van der Waals surface area contributed by atoms with Crippen molar-refractivity contribution in [1.82, 2.24) is 0 Å². The van der Waals surface area contributed by atoms with Crippen LogP contribution in [0, 0.1) is 0 Å². The van der Waals surface area contributed by atoms with Crippen LogP contribution in [0.5, 0.6) is 0 Å². The molecule has 4 N–H and O–H groups in total. The smallest absolute Gasteiger partial charge is 0.398 e. The molecule has 1 atom stereocenters. The molecule has 0 unspecified atom stereocenters. The number of nitrogen functional groups attached to an aromatic ring is 1. The van der Waals surface area contributed by atoms with Crippen molar-refractivity contribution in [3.8, 4) is 0 Å². The van der Waals surface area contributed by atoms with E-state index in [4.69, 9.17) is 23.1 Å². The molecule has 78 valence electrons. The Balaban J connectivity index is 3.03. The molecule has 6 heteroatoms. The molecule has 0 heterocycles. The molecule has 0 aliphatic carbocycles. The van der Waals surface area contributed by atoms with Gasteiger partial charge < -0.3 is 11.5 Å². The van der Waals surface area contributed by atoms with Crippen molar-refractivity contribution in [2.24, 2.45) is 5.73 Å². The number of hydrogen-bond donors (Lipinski definition) is 2. The lowest BCUT2D eigenvalue weighted by Crippen LogP contribution is -2.28. The van der Waals surface area contributed by atoms with Crippen LogP contribution in [-0.2, 0) is 0 Å². The molecule has 0 aliphatic rings. The lowest BCUT2D eigenvalue weighted by molar-refractivity contribution is -0.149. The molecular weight excluding hydrogens is 217 g/mol. The van der Waals surface area contributed by atoms with Gasteiger partial charge in [-0.05, 0) is 17.7 Å². The minimum atomic E-state index is -4.47. The van der Waals surface area contributed by atoms with Crippen LogP contribution in [-0.4, -0.2) is 6.18 Å². The molecule has 0 radical (unpaired) electrons. The normalized spacial score (nSPS) is 14.1. The Bertz CT molecular complexity index is 338. The molecular formula is C8H8ClF3N2.